The van der Waals surface area contributed by atoms with Gasteiger partial charge in [0.15, 0.2) is 5.17 Å². The molecule has 0 aliphatic heterocycles. The lowest BCUT2D eigenvalue weighted by Gasteiger charge is -1.93. The number of thiophene rings is 1. The average Bonchev–Trinajstić information content (AvgIpc) is 2.48. The smallest absolute Gasteiger partial charge is 0.151 e. The van der Waals surface area contributed by atoms with E-state index in [1.165, 1.54) is 23.1 Å². The minimum Gasteiger partial charge on any atom is -0.379 e. The molecule has 3 nitrogen and oxygen atoms in total. The van der Waals surface area contributed by atoms with Gasteiger partial charge in [0.2, 0.25) is 0 Å². The molecule has 0 amide bonds. The first-order chi connectivity index (χ1) is 5.72. The molecule has 1 aromatic heterocycles. The van der Waals surface area contributed by atoms with Crippen LogP contribution in [0, 0.1) is 16.7 Å². The Kier molecular flexibility index (Phi) is 5.55. The second-order valence-electron chi connectivity index (χ2n) is 2.03. The van der Waals surface area contributed by atoms with Crippen LogP contribution in [0.2, 0.25) is 0 Å². The van der Waals surface area contributed by atoms with Crippen molar-refractivity contribution in [1.82, 2.24) is 0 Å². The van der Waals surface area contributed by atoms with Crippen molar-refractivity contribution in [1.29, 1.82) is 10.7 Å². The van der Waals surface area contributed by atoms with Gasteiger partial charge in [-0.1, -0.05) is 11.8 Å². The zero-order valence-electron chi connectivity index (χ0n) is 6.61. The van der Waals surface area contributed by atoms with Crippen LogP contribution in [0.15, 0.2) is 12.1 Å². The predicted molar refractivity (Wildman–Crippen MR) is 59.5 cm³/mol. The van der Waals surface area contributed by atoms with Crippen molar-refractivity contribution in [2.24, 2.45) is 5.73 Å². The zero-order chi connectivity index (χ0) is 8.97. The van der Waals surface area contributed by atoms with Gasteiger partial charge >= 0.3 is 0 Å². The van der Waals surface area contributed by atoms with E-state index in [2.05, 4.69) is 6.07 Å². The number of rotatable bonds is 2. The minimum atomic E-state index is 0. The molecule has 6 heteroatoms. The van der Waals surface area contributed by atoms with Gasteiger partial charge < -0.3 is 5.73 Å². The summed E-state index contributed by atoms with van der Waals surface area (Å²) < 4.78 is 0. The van der Waals surface area contributed by atoms with Crippen molar-refractivity contribution in [2.75, 3.05) is 0 Å². The molecule has 0 radical (unpaired) electrons. The largest absolute Gasteiger partial charge is 0.379 e. The molecule has 70 valence electrons. The quantitative estimate of drug-likeness (QED) is 0.607. The number of nitrogens with two attached hydrogens (primary N) is 1. The summed E-state index contributed by atoms with van der Waals surface area (Å²) in [5.74, 6) is 0.682. The highest BCUT2D eigenvalue weighted by Gasteiger charge is 1.99. The van der Waals surface area contributed by atoms with Gasteiger partial charge in [0, 0.05) is 10.6 Å². The Bertz CT molecular complexity index is 329. The van der Waals surface area contributed by atoms with Gasteiger partial charge in [0.1, 0.15) is 10.9 Å². The highest BCUT2D eigenvalue weighted by Crippen LogP contribution is 2.20. The summed E-state index contributed by atoms with van der Waals surface area (Å²) >= 11 is 2.71. The molecule has 0 fully saturated rings. The SMILES string of the molecule is Cl.N#Cc1ccc(CSC(=N)N)s1. The monoisotopic (exact) mass is 233 g/mol. The summed E-state index contributed by atoms with van der Waals surface area (Å²) in [5, 5.41) is 15.6. The molecule has 0 bridgehead atoms. The first kappa shape index (κ1) is 12.3. The number of nitrogens with one attached hydrogen (secondary N) is 1. The summed E-state index contributed by atoms with van der Waals surface area (Å²) in [4.78, 5) is 1.78. The van der Waals surface area contributed by atoms with Crippen LogP contribution >= 0.6 is 35.5 Å². The Labute approximate surface area is 90.9 Å². The summed E-state index contributed by atoms with van der Waals surface area (Å²) in [6.07, 6.45) is 0. The average molecular weight is 234 g/mol. The first-order valence-corrected chi connectivity index (χ1v) is 4.98. The van der Waals surface area contributed by atoms with Crippen LogP contribution in [0.4, 0.5) is 0 Å². The predicted octanol–water partition coefficient (Wildman–Crippen LogP) is 2.17. The maximum Gasteiger partial charge on any atom is 0.151 e. The molecule has 1 rings (SSSR count). The third-order valence-electron chi connectivity index (χ3n) is 1.14. The number of nitriles is 1. The summed E-state index contributed by atoms with van der Waals surface area (Å²) in [5.41, 5.74) is 5.17. The molecule has 0 saturated heterocycles. The van der Waals surface area contributed by atoms with Crippen molar-refractivity contribution in [3.05, 3.63) is 21.9 Å². The Morgan fingerprint density at radius 3 is 2.85 bits per heavy atom. The van der Waals surface area contributed by atoms with Crippen molar-refractivity contribution in [2.45, 2.75) is 5.75 Å². The lowest BCUT2D eigenvalue weighted by atomic mass is 10.4. The number of halogens is 1. The van der Waals surface area contributed by atoms with Crippen molar-refractivity contribution in [3.8, 4) is 6.07 Å². The van der Waals surface area contributed by atoms with Crippen LogP contribution < -0.4 is 5.73 Å². The molecule has 0 unspecified atom stereocenters. The van der Waals surface area contributed by atoms with E-state index in [4.69, 9.17) is 16.4 Å². The molecular weight excluding hydrogens is 226 g/mol. The van der Waals surface area contributed by atoms with Gasteiger partial charge in [0.25, 0.3) is 0 Å². The van der Waals surface area contributed by atoms with Crippen LogP contribution in [0.3, 0.4) is 0 Å². The zero-order valence-corrected chi connectivity index (χ0v) is 9.06. The van der Waals surface area contributed by atoms with E-state index in [9.17, 15) is 0 Å². The highest BCUT2D eigenvalue weighted by molar-refractivity contribution is 8.13. The van der Waals surface area contributed by atoms with Crippen molar-refractivity contribution < 1.29 is 0 Å². The summed E-state index contributed by atoms with van der Waals surface area (Å²) in [6.45, 7) is 0. The van der Waals surface area contributed by atoms with Gasteiger partial charge in [-0.05, 0) is 12.1 Å². The Hall–Kier alpha value is -0.700. The molecule has 0 aliphatic carbocycles. The fourth-order valence-electron chi connectivity index (χ4n) is 0.664. The molecule has 3 N–H and O–H groups in total. The van der Waals surface area contributed by atoms with Gasteiger partial charge in [-0.3, -0.25) is 5.41 Å². The number of amidine groups is 1. The molecule has 0 saturated carbocycles. The second-order valence-corrected chi connectivity index (χ2v) is 4.22. The van der Waals surface area contributed by atoms with E-state index >= 15 is 0 Å². The summed E-state index contributed by atoms with van der Waals surface area (Å²) in [7, 11) is 0. The Balaban J connectivity index is 0.00000144. The molecule has 0 aliphatic rings. The third kappa shape index (κ3) is 4.18. The summed E-state index contributed by atoms with van der Waals surface area (Å²) in [6, 6.07) is 5.73. The Morgan fingerprint density at radius 1 is 1.69 bits per heavy atom. The Morgan fingerprint density at radius 2 is 2.38 bits per heavy atom. The topological polar surface area (TPSA) is 73.7 Å². The second kappa shape index (κ2) is 5.86. The van der Waals surface area contributed by atoms with Gasteiger partial charge in [-0.2, -0.15) is 5.26 Å². The molecule has 0 aromatic carbocycles. The lowest BCUT2D eigenvalue weighted by Crippen LogP contribution is -2.03. The standard InChI is InChI=1S/C7H7N3S2.ClH/c8-3-5-1-2-6(12-5)4-11-7(9)10;/h1-2H,4H2,(H3,9,10);1H. The maximum atomic E-state index is 8.52. The molecule has 1 aromatic rings. The van der Waals surface area contributed by atoms with E-state index in [-0.39, 0.29) is 17.6 Å². The molecular formula is C7H8ClN3S2. The molecule has 0 spiro atoms. The van der Waals surface area contributed by atoms with E-state index in [1.807, 2.05) is 6.07 Å². The van der Waals surface area contributed by atoms with Crippen LogP contribution in [0.1, 0.15) is 9.75 Å². The highest BCUT2D eigenvalue weighted by atomic mass is 35.5. The van der Waals surface area contributed by atoms with Gasteiger partial charge in [0.05, 0.1) is 0 Å². The maximum absolute atomic E-state index is 8.52. The van der Waals surface area contributed by atoms with Crippen molar-refractivity contribution in [3.63, 3.8) is 0 Å². The van der Waals surface area contributed by atoms with Crippen LogP contribution in [-0.2, 0) is 5.75 Å². The van der Waals surface area contributed by atoms with Gasteiger partial charge in [-0.15, -0.1) is 23.7 Å². The first-order valence-electron chi connectivity index (χ1n) is 3.18. The van der Waals surface area contributed by atoms with E-state index in [0.717, 1.165) is 4.88 Å². The van der Waals surface area contributed by atoms with Crippen LogP contribution in [0.25, 0.3) is 0 Å². The number of thioether (sulfide) groups is 1. The van der Waals surface area contributed by atoms with Crippen LogP contribution in [-0.4, -0.2) is 5.17 Å². The fourth-order valence-corrected chi connectivity index (χ4v) is 2.07. The number of hydrogen-bond acceptors (Lipinski definition) is 4. The molecule has 0 atom stereocenters. The van der Waals surface area contributed by atoms with E-state index < -0.39 is 0 Å². The van der Waals surface area contributed by atoms with Crippen LogP contribution in [0.5, 0.6) is 0 Å². The van der Waals surface area contributed by atoms with E-state index in [1.54, 1.807) is 6.07 Å². The molecule has 13 heavy (non-hydrogen) atoms. The third-order valence-corrected chi connectivity index (χ3v) is 3.08. The fraction of sp³-hybridized carbons (Fsp3) is 0.143. The lowest BCUT2D eigenvalue weighted by molar-refractivity contribution is 1.49. The normalized spacial score (nSPS) is 8.54. The minimum absolute atomic E-state index is 0. The number of hydrogen-bond donors (Lipinski definition) is 2. The van der Waals surface area contributed by atoms with Crippen molar-refractivity contribution >= 4 is 40.7 Å². The number of nitrogens with zero attached hydrogens (tertiary/aromatic N) is 1. The van der Waals surface area contributed by atoms with E-state index in [0.29, 0.717) is 10.6 Å². The molecule has 1 heterocycles. The van der Waals surface area contributed by atoms with Gasteiger partial charge in [-0.25, -0.2) is 0 Å².